The topological polar surface area (TPSA) is 93.4 Å². The third kappa shape index (κ3) is 3.59. The summed E-state index contributed by atoms with van der Waals surface area (Å²) in [7, 11) is 0. The molecule has 11 heteroatoms. The number of hydrogen-bond acceptors (Lipinski definition) is 9. The highest BCUT2D eigenvalue weighted by Crippen LogP contribution is 2.32. The van der Waals surface area contributed by atoms with Crippen molar-refractivity contribution in [3.63, 3.8) is 0 Å². The van der Waals surface area contributed by atoms with E-state index in [1.807, 2.05) is 24.3 Å². The van der Waals surface area contributed by atoms with Gasteiger partial charge < -0.3 is 10.6 Å². The van der Waals surface area contributed by atoms with Crippen LogP contribution in [0.2, 0.25) is 4.34 Å². The van der Waals surface area contributed by atoms with Crippen molar-refractivity contribution in [3.05, 3.63) is 46.0 Å². The second-order valence-corrected chi connectivity index (χ2v) is 9.70. The second kappa shape index (κ2) is 8.11. The average Bonchev–Trinajstić information content (AvgIpc) is 3.58. The van der Waals surface area contributed by atoms with Crippen LogP contribution in [-0.4, -0.2) is 41.9 Å². The maximum absolute atomic E-state index is 6.18. The molecule has 1 atom stereocenters. The zero-order valence-electron chi connectivity index (χ0n) is 16.5. The van der Waals surface area contributed by atoms with Gasteiger partial charge in [0.1, 0.15) is 6.33 Å². The summed E-state index contributed by atoms with van der Waals surface area (Å²) in [6, 6.07) is 8.27. The zero-order valence-corrected chi connectivity index (χ0v) is 18.9. The van der Waals surface area contributed by atoms with Gasteiger partial charge in [-0.25, -0.2) is 14.6 Å². The van der Waals surface area contributed by atoms with E-state index < -0.39 is 0 Å². The van der Waals surface area contributed by atoms with Gasteiger partial charge >= 0.3 is 0 Å². The lowest BCUT2D eigenvalue weighted by Gasteiger charge is -2.06. The predicted octanol–water partition coefficient (Wildman–Crippen LogP) is 4.38. The van der Waals surface area contributed by atoms with Crippen molar-refractivity contribution in [1.29, 1.82) is 0 Å². The first-order valence-corrected chi connectivity index (χ1v) is 11.9. The van der Waals surface area contributed by atoms with E-state index in [-0.39, 0.29) is 6.04 Å². The quantitative estimate of drug-likeness (QED) is 0.371. The SMILES string of the molecule is Clc1snnc1-n1ncc2cc(Nc3ncnc4cc(C#C[C@@H]5CCCN5)sc34)ccc21. The van der Waals surface area contributed by atoms with Crippen LogP contribution in [-0.2, 0) is 0 Å². The monoisotopic (exact) mass is 478 g/mol. The van der Waals surface area contributed by atoms with Crippen molar-refractivity contribution in [3.8, 4) is 17.7 Å². The minimum atomic E-state index is 0.284. The maximum Gasteiger partial charge on any atom is 0.207 e. The smallest absolute Gasteiger partial charge is 0.207 e. The molecule has 0 spiro atoms. The molecule has 0 bridgehead atoms. The van der Waals surface area contributed by atoms with Gasteiger partial charge in [-0.2, -0.15) is 5.10 Å². The van der Waals surface area contributed by atoms with Crippen LogP contribution in [0.3, 0.4) is 0 Å². The molecule has 6 rings (SSSR count). The highest BCUT2D eigenvalue weighted by molar-refractivity contribution is 7.20. The van der Waals surface area contributed by atoms with Gasteiger partial charge in [0.15, 0.2) is 10.2 Å². The van der Waals surface area contributed by atoms with Crippen molar-refractivity contribution < 1.29 is 0 Å². The summed E-state index contributed by atoms with van der Waals surface area (Å²) in [4.78, 5) is 9.86. The number of nitrogens with zero attached hydrogens (tertiary/aromatic N) is 6. The molecule has 4 aromatic heterocycles. The highest BCUT2D eigenvalue weighted by Gasteiger charge is 2.14. The first-order chi connectivity index (χ1) is 15.7. The lowest BCUT2D eigenvalue weighted by molar-refractivity contribution is 0.749. The fourth-order valence-corrected chi connectivity index (χ4v) is 5.21. The Morgan fingerprint density at radius 1 is 1.25 bits per heavy atom. The highest BCUT2D eigenvalue weighted by atomic mass is 35.5. The first kappa shape index (κ1) is 19.6. The summed E-state index contributed by atoms with van der Waals surface area (Å²) in [5, 5.41) is 16.3. The van der Waals surface area contributed by atoms with E-state index in [9.17, 15) is 0 Å². The van der Waals surface area contributed by atoms with Crippen LogP contribution in [0.5, 0.6) is 0 Å². The van der Waals surface area contributed by atoms with Gasteiger partial charge in [0.2, 0.25) is 5.82 Å². The van der Waals surface area contributed by atoms with Crippen LogP contribution in [0, 0.1) is 11.8 Å². The minimum absolute atomic E-state index is 0.284. The van der Waals surface area contributed by atoms with Gasteiger partial charge in [-0.1, -0.05) is 27.9 Å². The van der Waals surface area contributed by atoms with Gasteiger partial charge in [-0.15, -0.1) is 16.4 Å². The molecule has 2 N–H and O–H groups in total. The van der Waals surface area contributed by atoms with Crippen LogP contribution in [0.15, 0.2) is 36.8 Å². The molecule has 0 aliphatic carbocycles. The predicted molar refractivity (Wildman–Crippen MR) is 128 cm³/mol. The molecule has 1 fully saturated rings. The van der Waals surface area contributed by atoms with Gasteiger partial charge in [-0.3, -0.25) is 0 Å². The standard InChI is InChI=1S/C21H15ClN8S2/c22-19-21(28-29-32-19)30-17-6-4-14(8-12(17)10-26-30)27-20-18-16(24-11-25-20)9-15(31-18)5-3-13-2-1-7-23-13/h4,6,8-11,13,23H,1-2,7H2,(H,24,25,27)/t13-/m0/s1. The largest absolute Gasteiger partial charge is 0.339 e. The lowest BCUT2D eigenvalue weighted by Crippen LogP contribution is -2.18. The Labute approximate surface area is 195 Å². The summed E-state index contributed by atoms with van der Waals surface area (Å²) in [6.07, 6.45) is 5.64. The molecule has 8 nitrogen and oxygen atoms in total. The number of benzene rings is 1. The molecule has 32 heavy (non-hydrogen) atoms. The van der Waals surface area contributed by atoms with Gasteiger partial charge in [0.25, 0.3) is 0 Å². The van der Waals surface area contributed by atoms with Crippen molar-refractivity contribution >= 4 is 67.1 Å². The zero-order chi connectivity index (χ0) is 21.5. The Kier molecular flexibility index (Phi) is 4.96. The molecule has 158 valence electrons. The molecule has 1 saturated heterocycles. The van der Waals surface area contributed by atoms with E-state index in [1.165, 1.54) is 6.42 Å². The molecule has 1 aromatic carbocycles. The molecule has 0 saturated carbocycles. The van der Waals surface area contributed by atoms with Crippen molar-refractivity contribution in [2.45, 2.75) is 18.9 Å². The maximum atomic E-state index is 6.18. The van der Waals surface area contributed by atoms with Gasteiger partial charge in [-0.05, 0) is 43.7 Å². The summed E-state index contributed by atoms with van der Waals surface area (Å²) in [6.45, 7) is 1.04. The number of halogens is 1. The summed E-state index contributed by atoms with van der Waals surface area (Å²) in [5.41, 5.74) is 2.68. The normalized spacial score (nSPS) is 15.8. The molecule has 0 unspecified atom stereocenters. The average molecular weight is 479 g/mol. The molecule has 1 aliphatic rings. The molecular formula is C21H15ClN8S2. The van der Waals surface area contributed by atoms with E-state index in [4.69, 9.17) is 11.6 Å². The van der Waals surface area contributed by atoms with Crippen molar-refractivity contribution in [1.82, 2.24) is 34.7 Å². The van der Waals surface area contributed by atoms with Crippen LogP contribution in [0.25, 0.3) is 26.9 Å². The summed E-state index contributed by atoms with van der Waals surface area (Å²) >= 11 is 8.92. The van der Waals surface area contributed by atoms with E-state index >= 15 is 0 Å². The molecule has 5 heterocycles. The number of aromatic nitrogens is 6. The van der Waals surface area contributed by atoms with E-state index in [1.54, 1.807) is 28.5 Å². The van der Waals surface area contributed by atoms with E-state index in [0.29, 0.717) is 10.2 Å². The molecular weight excluding hydrogens is 464 g/mol. The molecule has 0 radical (unpaired) electrons. The van der Waals surface area contributed by atoms with Crippen molar-refractivity contribution in [2.75, 3.05) is 11.9 Å². The number of hydrogen-bond donors (Lipinski definition) is 2. The summed E-state index contributed by atoms with van der Waals surface area (Å²) in [5.74, 6) is 7.90. The third-order valence-corrected chi connectivity index (χ3v) is 7.13. The minimum Gasteiger partial charge on any atom is -0.339 e. The Hall–Kier alpha value is -3.10. The van der Waals surface area contributed by atoms with E-state index in [0.717, 1.165) is 62.0 Å². The van der Waals surface area contributed by atoms with Crippen LogP contribution < -0.4 is 10.6 Å². The first-order valence-electron chi connectivity index (χ1n) is 9.97. The molecule has 1 aliphatic heterocycles. The Morgan fingerprint density at radius 3 is 3.06 bits per heavy atom. The van der Waals surface area contributed by atoms with Gasteiger partial charge in [0, 0.05) is 22.6 Å². The molecule has 0 amide bonds. The number of thiophene rings is 1. The Balaban J connectivity index is 1.31. The number of rotatable bonds is 3. The molecule has 5 aromatic rings. The van der Waals surface area contributed by atoms with E-state index in [2.05, 4.69) is 47.1 Å². The third-order valence-electron chi connectivity index (χ3n) is 5.20. The lowest BCUT2D eigenvalue weighted by atomic mass is 10.2. The summed E-state index contributed by atoms with van der Waals surface area (Å²) < 4.78 is 7.06. The Morgan fingerprint density at radius 2 is 2.22 bits per heavy atom. The van der Waals surface area contributed by atoms with Crippen LogP contribution in [0.1, 0.15) is 17.7 Å². The fraction of sp³-hybridized carbons (Fsp3) is 0.190. The Bertz CT molecular complexity index is 1500. The number of fused-ring (bicyclic) bond motifs is 2. The van der Waals surface area contributed by atoms with Crippen LogP contribution >= 0.6 is 34.5 Å². The number of anilines is 2. The van der Waals surface area contributed by atoms with Gasteiger partial charge in [0.05, 0.1) is 32.8 Å². The second-order valence-electron chi connectivity index (χ2n) is 7.29. The fourth-order valence-electron chi connectivity index (χ4n) is 3.69. The van der Waals surface area contributed by atoms with Crippen LogP contribution in [0.4, 0.5) is 11.5 Å². The van der Waals surface area contributed by atoms with Crippen molar-refractivity contribution in [2.24, 2.45) is 0 Å². The number of nitrogens with one attached hydrogen (secondary N) is 2.